The number of hydrogen-bond acceptors (Lipinski definition) is 5. The second kappa shape index (κ2) is 11.5. The van der Waals surface area contributed by atoms with Gasteiger partial charge >= 0.3 is 6.03 Å². The number of fused-ring (bicyclic) bond motifs is 1. The zero-order valence-electron chi connectivity index (χ0n) is 20.7. The van der Waals surface area contributed by atoms with Gasteiger partial charge in [0, 0.05) is 5.02 Å². The van der Waals surface area contributed by atoms with Gasteiger partial charge in [-0.25, -0.2) is 9.69 Å². The average molecular weight is 653 g/mol. The molecule has 4 aromatic carbocycles. The number of imide groups is 2. The van der Waals surface area contributed by atoms with E-state index in [0.717, 1.165) is 24.8 Å². The first kappa shape index (κ1) is 26.7. The van der Waals surface area contributed by atoms with Crippen LogP contribution in [0.25, 0.3) is 16.8 Å². The zero-order valence-corrected chi connectivity index (χ0v) is 23.7. The number of hydrogen-bond donors (Lipinski definition) is 1. The second-order valence-electron chi connectivity index (χ2n) is 8.63. The van der Waals surface area contributed by atoms with Crippen molar-refractivity contribution in [3.8, 4) is 11.5 Å². The van der Waals surface area contributed by atoms with E-state index in [1.165, 1.54) is 12.1 Å². The lowest BCUT2D eigenvalue weighted by Crippen LogP contribution is -2.54. The number of rotatable bonds is 7. The monoisotopic (exact) mass is 652 g/mol. The van der Waals surface area contributed by atoms with E-state index in [1.54, 1.807) is 30.3 Å². The molecule has 196 valence electrons. The van der Waals surface area contributed by atoms with Crippen molar-refractivity contribution in [1.82, 2.24) is 5.32 Å². The number of urea groups is 1. The molecule has 1 aliphatic rings. The van der Waals surface area contributed by atoms with Crippen LogP contribution in [0.4, 0.5) is 10.5 Å². The molecule has 0 unspecified atom stereocenters. The van der Waals surface area contributed by atoms with Gasteiger partial charge in [0.15, 0.2) is 11.5 Å². The summed E-state index contributed by atoms with van der Waals surface area (Å²) in [6.07, 6.45) is 1.43. The van der Waals surface area contributed by atoms with Crippen LogP contribution in [-0.2, 0) is 16.2 Å². The molecular weight excluding hydrogens is 631 g/mol. The fourth-order valence-corrected chi connectivity index (χ4v) is 5.28. The molecule has 0 aromatic heterocycles. The minimum absolute atomic E-state index is 0.197. The summed E-state index contributed by atoms with van der Waals surface area (Å²) in [5.41, 5.74) is 1.63. The van der Waals surface area contributed by atoms with Crippen molar-refractivity contribution in [2.45, 2.75) is 13.5 Å². The highest BCUT2D eigenvalue weighted by molar-refractivity contribution is 14.1. The topological polar surface area (TPSA) is 84.9 Å². The Bertz CT molecular complexity index is 1650. The van der Waals surface area contributed by atoms with Crippen LogP contribution in [0.15, 0.2) is 84.4 Å². The van der Waals surface area contributed by atoms with Gasteiger partial charge < -0.3 is 9.47 Å². The van der Waals surface area contributed by atoms with E-state index in [9.17, 15) is 14.4 Å². The van der Waals surface area contributed by atoms with Crippen LogP contribution < -0.4 is 19.7 Å². The Kier molecular flexibility index (Phi) is 7.85. The molecule has 7 nitrogen and oxygen atoms in total. The zero-order chi connectivity index (χ0) is 27.5. The third-order valence-electron chi connectivity index (χ3n) is 6.06. The average Bonchev–Trinajstić information content (AvgIpc) is 2.91. The first-order chi connectivity index (χ1) is 18.9. The van der Waals surface area contributed by atoms with Gasteiger partial charge in [-0.1, -0.05) is 60.1 Å². The van der Waals surface area contributed by atoms with Gasteiger partial charge in [0.05, 0.1) is 15.9 Å². The van der Waals surface area contributed by atoms with Crippen LogP contribution >= 0.6 is 34.2 Å². The Balaban J connectivity index is 1.47. The van der Waals surface area contributed by atoms with E-state index in [4.69, 9.17) is 21.1 Å². The van der Waals surface area contributed by atoms with E-state index >= 15 is 0 Å². The molecule has 9 heteroatoms. The minimum Gasteiger partial charge on any atom is -0.490 e. The first-order valence-electron chi connectivity index (χ1n) is 12.1. The molecule has 1 fully saturated rings. The number of barbiturate groups is 1. The third kappa shape index (κ3) is 5.62. The fourth-order valence-electron chi connectivity index (χ4n) is 4.32. The highest BCUT2D eigenvalue weighted by Crippen LogP contribution is 2.36. The van der Waals surface area contributed by atoms with Crippen molar-refractivity contribution in [3.63, 3.8) is 0 Å². The van der Waals surface area contributed by atoms with Crippen molar-refractivity contribution in [1.29, 1.82) is 0 Å². The van der Waals surface area contributed by atoms with Gasteiger partial charge in [0.25, 0.3) is 11.8 Å². The number of nitrogens with one attached hydrogen (secondary N) is 1. The summed E-state index contributed by atoms with van der Waals surface area (Å²) < 4.78 is 12.8. The lowest BCUT2D eigenvalue weighted by atomic mass is 10.1. The van der Waals surface area contributed by atoms with Gasteiger partial charge in [-0.3, -0.25) is 14.9 Å². The molecule has 0 saturated carbocycles. The lowest BCUT2D eigenvalue weighted by Gasteiger charge is -2.26. The largest absolute Gasteiger partial charge is 0.490 e. The van der Waals surface area contributed by atoms with Crippen molar-refractivity contribution < 1.29 is 23.9 Å². The number of carbonyl (C=O) groups excluding carboxylic acids is 3. The number of amides is 4. The summed E-state index contributed by atoms with van der Waals surface area (Å²) in [6, 6.07) is 23.1. The molecule has 0 spiro atoms. The van der Waals surface area contributed by atoms with Crippen LogP contribution in [0, 0.1) is 3.57 Å². The maximum Gasteiger partial charge on any atom is 0.335 e. The molecule has 1 heterocycles. The van der Waals surface area contributed by atoms with Gasteiger partial charge in [-0.2, -0.15) is 0 Å². The molecule has 5 rings (SSSR count). The molecule has 1 saturated heterocycles. The number of halogens is 2. The number of ether oxygens (including phenoxy) is 2. The SMILES string of the molecule is CCOc1cc(/C=C2\C(=O)NC(=O)N(c3cccc(Cl)c3)C2=O)cc(I)c1OCc1cccc2ccccc12. The summed E-state index contributed by atoms with van der Waals surface area (Å²) in [6.45, 7) is 2.58. The summed E-state index contributed by atoms with van der Waals surface area (Å²) in [4.78, 5) is 39.3. The molecule has 1 aliphatic heterocycles. The Morgan fingerprint density at radius 2 is 1.72 bits per heavy atom. The van der Waals surface area contributed by atoms with E-state index in [2.05, 4.69) is 46.1 Å². The quantitative estimate of drug-likeness (QED) is 0.136. The summed E-state index contributed by atoms with van der Waals surface area (Å²) in [5.74, 6) is -0.506. The van der Waals surface area contributed by atoms with Crippen LogP contribution in [0.3, 0.4) is 0 Å². The molecule has 4 aromatic rings. The molecular formula is C30H22ClIN2O5. The summed E-state index contributed by atoms with van der Waals surface area (Å²) in [7, 11) is 0. The summed E-state index contributed by atoms with van der Waals surface area (Å²) in [5, 5.41) is 4.81. The van der Waals surface area contributed by atoms with Crippen molar-refractivity contribution >= 4 is 74.6 Å². The lowest BCUT2D eigenvalue weighted by molar-refractivity contribution is -0.122. The fraction of sp³-hybridized carbons (Fsp3) is 0.100. The van der Waals surface area contributed by atoms with Gasteiger partial charge in [0.2, 0.25) is 0 Å². The van der Waals surface area contributed by atoms with Crippen LogP contribution in [0.1, 0.15) is 18.1 Å². The molecule has 0 atom stereocenters. The number of benzene rings is 4. The standard InChI is InChI=1S/C30H22ClIN2O5/c1-2-38-26-15-18(13-24-28(35)33-30(37)34(29(24)36)22-11-6-10-21(31)16-22)14-25(32)27(26)39-17-20-9-5-8-19-7-3-4-12-23(19)20/h3-16H,2,17H2,1H3,(H,33,35,37)/b24-13+. The van der Waals surface area contributed by atoms with E-state index < -0.39 is 17.8 Å². The normalized spacial score (nSPS) is 14.6. The van der Waals surface area contributed by atoms with Crippen LogP contribution in [-0.4, -0.2) is 24.5 Å². The Morgan fingerprint density at radius 1 is 0.949 bits per heavy atom. The van der Waals surface area contributed by atoms with Crippen molar-refractivity contribution in [3.05, 3.63) is 104 Å². The molecule has 1 N–H and O–H groups in total. The van der Waals surface area contributed by atoms with E-state index in [0.29, 0.717) is 35.3 Å². The second-order valence-corrected chi connectivity index (χ2v) is 10.2. The van der Waals surface area contributed by atoms with Gasteiger partial charge in [-0.05, 0) is 87.8 Å². The molecule has 0 radical (unpaired) electrons. The van der Waals surface area contributed by atoms with Gasteiger partial charge in [-0.15, -0.1) is 0 Å². The minimum atomic E-state index is -0.841. The van der Waals surface area contributed by atoms with Crippen LogP contribution in [0.5, 0.6) is 11.5 Å². The highest BCUT2D eigenvalue weighted by Gasteiger charge is 2.37. The smallest absolute Gasteiger partial charge is 0.335 e. The first-order valence-corrected chi connectivity index (χ1v) is 13.5. The van der Waals surface area contributed by atoms with Gasteiger partial charge in [0.1, 0.15) is 12.2 Å². The predicted octanol–water partition coefficient (Wildman–Crippen LogP) is 6.74. The Hall–Kier alpha value is -3.89. The molecule has 0 aliphatic carbocycles. The maximum absolute atomic E-state index is 13.3. The highest BCUT2D eigenvalue weighted by atomic mass is 127. The third-order valence-corrected chi connectivity index (χ3v) is 7.10. The van der Waals surface area contributed by atoms with Crippen molar-refractivity contribution in [2.75, 3.05) is 11.5 Å². The number of anilines is 1. The van der Waals surface area contributed by atoms with Crippen LogP contribution in [0.2, 0.25) is 5.02 Å². The van der Waals surface area contributed by atoms with E-state index in [-0.39, 0.29) is 11.3 Å². The Morgan fingerprint density at radius 3 is 2.51 bits per heavy atom. The number of carbonyl (C=O) groups is 3. The number of nitrogens with zero attached hydrogens (tertiary/aromatic N) is 1. The van der Waals surface area contributed by atoms with Crippen molar-refractivity contribution in [2.24, 2.45) is 0 Å². The maximum atomic E-state index is 13.3. The molecule has 4 amide bonds. The Labute approximate surface area is 243 Å². The summed E-state index contributed by atoms with van der Waals surface area (Å²) >= 11 is 8.19. The molecule has 39 heavy (non-hydrogen) atoms. The van der Waals surface area contributed by atoms with E-state index in [1.807, 2.05) is 31.2 Å². The predicted molar refractivity (Wildman–Crippen MR) is 159 cm³/mol. The molecule has 0 bridgehead atoms.